The van der Waals surface area contributed by atoms with Crippen LogP contribution in [0, 0.1) is 0 Å². The third kappa shape index (κ3) is 6.55. The molecule has 1 heterocycles. The van der Waals surface area contributed by atoms with E-state index in [-0.39, 0.29) is 5.91 Å². The summed E-state index contributed by atoms with van der Waals surface area (Å²) in [5.41, 5.74) is 0. The average Bonchev–Trinajstić information content (AvgIpc) is 2.93. The lowest BCUT2D eigenvalue weighted by atomic mass is 10.3. The summed E-state index contributed by atoms with van der Waals surface area (Å²) in [4.78, 5) is 26.0. The first-order valence-corrected chi connectivity index (χ1v) is 7.89. The number of carboxylic acid groups (broad SMARTS) is 1. The Labute approximate surface area is 129 Å². The summed E-state index contributed by atoms with van der Waals surface area (Å²) in [6.07, 6.45) is 3.66. The van der Waals surface area contributed by atoms with E-state index in [1.54, 1.807) is 12.1 Å². The van der Waals surface area contributed by atoms with Crippen molar-refractivity contribution in [3.8, 4) is 0 Å². The number of carbonyl (C=O) groups is 2. The second-order valence-corrected chi connectivity index (χ2v) is 5.68. The van der Waals surface area contributed by atoms with E-state index < -0.39 is 5.97 Å². The van der Waals surface area contributed by atoms with Gasteiger partial charge in [0.2, 0.25) is 0 Å². The van der Waals surface area contributed by atoms with Gasteiger partial charge in [-0.15, -0.1) is 11.3 Å². The highest BCUT2D eigenvalue weighted by Gasteiger charge is 2.08. The maximum atomic E-state index is 12.0. The molecule has 0 spiro atoms. The molecule has 0 bridgehead atoms. The van der Waals surface area contributed by atoms with Crippen LogP contribution in [0.2, 0.25) is 0 Å². The topological polar surface area (TPSA) is 69.6 Å². The Morgan fingerprint density at radius 2 is 2.10 bits per heavy atom. The molecule has 1 amide bonds. The smallest absolute Gasteiger partial charge is 0.328 e. The first kappa shape index (κ1) is 17.4. The standard InChI is InChI=1S/C15H22N2O3S/c1-3-10-17(4-2)11-9-16-15(20)13-7-5-12(21-13)6-8-14(18)19/h5-8H,3-4,9-11H2,1-2H3,(H,16,20)(H,18,19)/b8-6+. The van der Waals surface area contributed by atoms with Crippen LogP contribution >= 0.6 is 11.3 Å². The number of likely N-dealkylation sites (N-methyl/N-ethyl adjacent to an activating group) is 1. The van der Waals surface area contributed by atoms with Gasteiger partial charge in [0.15, 0.2) is 0 Å². The minimum atomic E-state index is -0.995. The molecule has 0 atom stereocenters. The first-order chi connectivity index (χ1) is 10.1. The molecule has 0 aliphatic carbocycles. The SMILES string of the molecule is CCCN(CC)CCNC(=O)c1ccc(/C=C/C(=O)O)s1. The average molecular weight is 310 g/mol. The van der Waals surface area contributed by atoms with Gasteiger partial charge < -0.3 is 15.3 Å². The number of amides is 1. The highest BCUT2D eigenvalue weighted by atomic mass is 32.1. The Hall–Kier alpha value is -1.66. The van der Waals surface area contributed by atoms with Crippen LogP contribution in [0.5, 0.6) is 0 Å². The second kappa shape index (κ2) is 9.31. The molecule has 1 aromatic heterocycles. The van der Waals surface area contributed by atoms with Gasteiger partial charge >= 0.3 is 5.97 Å². The van der Waals surface area contributed by atoms with E-state index in [1.807, 2.05) is 0 Å². The van der Waals surface area contributed by atoms with Crippen molar-refractivity contribution in [2.24, 2.45) is 0 Å². The number of nitrogens with one attached hydrogen (secondary N) is 1. The minimum Gasteiger partial charge on any atom is -0.478 e. The first-order valence-electron chi connectivity index (χ1n) is 7.08. The fourth-order valence-corrected chi connectivity index (χ4v) is 2.70. The normalized spacial score (nSPS) is 11.2. The largest absolute Gasteiger partial charge is 0.478 e. The predicted molar refractivity (Wildman–Crippen MR) is 85.7 cm³/mol. The summed E-state index contributed by atoms with van der Waals surface area (Å²) in [6, 6.07) is 3.46. The van der Waals surface area contributed by atoms with E-state index in [1.165, 1.54) is 17.4 Å². The number of thiophene rings is 1. The van der Waals surface area contributed by atoms with Crippen LogP contribution in [0.15, 0.2) is 18.2 Å². The zero-order chi connectivity index (χ0) is 15.7. The number of carbonyl (C=O) groups excluding carboxylic acids is 1. The van der Waals surface area contributed by atoms with Crippen molar-refractivity contribution < 1.29 is 14.7 Å². The van der Waals surface area contributed by atoms with E-state index in [4.69, 9.17) is 5.11 Å². The van der Waals surface area contributed by atoms with Crippen molar-refractivity contribution in [2.75, 3.05) is 26.2 Å². The second-order valence-electron chi connectivity index (χ2n) is 4.56. The van der Waals surface area contributed by atoms with Gasteiger partial charge in [-0.05, 0) is 37.7 Å². The van der Waals surface area contributed by atoms with Crippen molar-refractivity contribution in [1.82, 2.24) is 10.2 Å². The van der Waals surface area contributed by atoms with E-state index >= 15 is 0 Å². The van der Waals surface area contributed by atoms with Crippen molar-refractivity contribution in [3.05, 3.63) is 28.0 Å². The third-order valence-electron chi connectivity index (χ3n) is 2.94. The molecule has 1 aromatic rings. The van der Waals surface area contributed by atoms with Gasteiger partial charge in [-0.25, -0.2) is 4.79 Å². The summed E-state index contributed by atoms with van der Waals surface area (Å²) in [6.45, 7) is 7.72. The molecule has 6 heteroatoms. The van der Waals surface area contributed by atoms with Crippen molar-refractivity contribution >= 4 is 29.3 Å². The van der Waals surface area contributed by atoms with Crippen LogP contribution < -0.4 is 5.32 Å². The van der Waals surface area contributed by atoms with Crippen LogP contribution in [0.3, 0.4) is 0 Å². The molecule has 116 valence electrons. The molecule has 0 radical (unpaired) electrons. The highest BCUT2D eigenvalue weighted by molar-refractivity contribution is 7.14. The Bertz CT molecular complexity index is 497. The van der Waals surface area contributed by atoms with Crippen molar-refractivity contribution in [2.45, 2.75) is 20.3 Å². The molecule has 0 fully saturated rings. The number of nitrogens with zero attached hydrogens (tertiary/aromatic N) is 1. The summed E-state index contributed by atoms with van der Waals surface area (Å²) in [5.74, 6) is -1.10. The van der Waals surface area contributed by atoms with Gasteiger partial charge in [0.1, 0.15) is 0 Å². The molecule has 0 saturated carbocycles. The predicted octanol–water partition coefficient (Wildman–Crippen LogP) is 2.31. The summed E-state index contributed by atoms with van der Waals surface area (Å²) in [7, 11) is 0. The summed E-state index contributed by atoms with van der Waals surface area (Å²) >= 11 is 1.28. The molecule has 5 nitrogen and oxygen atoms in total. The Morgan fingerprint density at radius 1 is 1.33 bits per heavy atom. The Balaban J connectivity index is 2.43. The number of carboxylic acids is 1. The van der Waals surface area contributed by atoms with Gasteiger partial charge in [0.05, 0.1) is 4.88 Å². The van der Waals surface area contributed by atoms with Crippen molar-refractivity contribution in [1.29, 1.82) is 0 Å². The molecular weight excluding hydrogens is 288 g/mol. The maximum absolute atomic E-state index is 12.0. The fourth-order valence-electron chi connectivity index (χ4n) is 1.88. The molecule has 0 aliphatic heterocycles. The zero-order valence-corrected chi connectivity index (χ0v) is 13.3. The van der Waals surface area contributed by atoms with Gasteiger partial charge in [-0.2, -0.15) is 0 Å². The quantitative estimate of drug-likeness (QED) is 0.687. The molecule has 0 unspecified atom stereocenters. The van der Waals surface area contributed by atoms with E-state index in [0.717, 1.165) is 37.0 Å². The van der Waals surface area contributed by atoms with Gasteiger partial charge in [-0.1, -0.05) is 13.8 Å². The highest BCUT2D eigenvalue weighted by Crippen LogP contribution is 2.17. The van der Waals surface area contributed by atoms with Crippen LogP contribution in [-0.2, 0) is 4.79 Å². The lowest BCUT2D eigenvalue weighted by molar-refractivity contribution is -0.131. The monoisotopic (exact) mass is 310 g/mol. The summed E-state index contributed by atoms with van der Waals surface area (Å²) in [5, 5.41) is 11.4. The van der Waals surface area contributed by atoms with Crippen LogP contribution in [-0.4, -0.2) is 48.1 Å². The van der Waals surface area contributed by atoms with Gasteiger partial charge in [-0.3, -0.25) is 4.79 Å². The van der Waals surface area contributed by atoms with Gasteiger partial charge in [0, 0.05) is 24.0 Å². The number of rotatable bonds is 9. The minimum absolute atomic E-state index is 0.109. The maximum Gasteiger partial charge on any atom is 0.328 e. The molecular formula is C15H22N2O3S. The molecule has 0 saturated heterocycles. The Morgan fingerprint density at radius 3 is 2.71 bits per heavy atom. The molecule has 0 aliphatic rings. The van der Waals surface area contributed by atoms with Crippen LogP contribution in [0.25, 0.3) is 6.08 Å². The van der Waals surface area contributed by atoms with Crippen LogP contribution in [0.4, 0.5) is 0 Å². The zero-order valence-electron chi connectivity index (χ0n) is 12.5. The number of hydrogen-bond donors (Lipinski definition) is 2. The molecule has 0 aromatic carbocycles. The molecule has 21 heavy (non-hydrogen) atoms. The number of aliphatic carboxylic acids is 1. The van der Waals surface area contributed by atoms with Crippen LogP contribution in [0.1, 0.15) is 34.8 Å². The van der Waals surface area contributed by atoms with E-state index in [0.29, 0.717) is 11.4 Å². The number of hydrogen-bond acceptors (Lipinski definition) is 4. The van der Waals surface area contributed by atoms with Crippen molar-refractivity contribution in [3.63, 3.8) is 0 Å². The lowest BCUT2D eigenvalue weighted by Gasteiger charge is -2.19. The van der Waals surface area contributed by atoms with E-state index in [9.17, 15) is 9.59 Å². The van der Waals surface area contributed by atoms with E-state index in [2.05, 4.69) is 24.1 Å². The molecule has 2 N–H and O–H groups in total. The lowest BCUT2D eigenvalue weighted by Crippen LogP contribution is -2.35. The third-order valence-corrected chi connectivity index (χ3v) is 3.99. The Kier molecular flexibility index (Phi) is 7.71. The molecule has 1 rings (SSSR count). The fraction of sp³-hybridized carbons (Fsp3) is 0.467. The summed E-state index contributed by atoms with van der Waals surface area (Å²) < 4.78 is 0. The van der Waals surface area contributed by atoms with Gasteiger partial charge in [0.25, 0.3) is 5.91 Å².